The molecule has 0 spiro atoms. The molecular weight excluding hydrogens is 414 g/mol. The maximum absolute atomic E-state index is 13.6. The molecule has 1 heterocycles. The van der Waals surface area contributed by atoms with E-state index in [0.717, 1.165) is 44.1 Å². The van der Waals surface area contributed by atoms with Crippen molar-refractivity contribution >= 4 is 17.7 Å². The van der Waals surface area contributed by atoms with Crippen molar-refractivity contribution in [2.45, 2.75) is 64.8 Å². The van der Waals surface area contributed by atoms with E-state index in [9.17, 15) is 14.4 Å². The normalized spacial score (nSPS) is 39.5. The fourth-order valence-electron chi connectivity index (χ4n) is 8.33. The van der Waals surface area contributed by atoms with Crippen molar-refractivity contribution in [3.05, 3.63) is 47.5 Å². The summed E-state index contributed by atoms with van der Waals surface area (Å²) in [6, 6.07) is 7.47. The van der Waals surface area contributed by atoms with Gasteiger partial charge in [-0.05, 0) is 73.3 Å². The summed E-state index contributed by atoms with van der Waals surface area (Å²) in [6.45, 7) is 4.70. The number of hydrogen-bond acceptors (Lipinski definition) is 3. The molecule has 1 amide bonds. The second-order valence-electron chi connectivity index (χ2n) is 11.4. The summed E-state index contributed by atoms with van der Waals surface area (Å²) in [4.78, 5) is 38.8. The average molecular weight is 450 g/mol. The molecule has 0 radical (unpaired) electrons. The van der Waals surface area contributed by atoms with Crippen LogP contribution in [0.15, 0.2) is 36.4 Å². The number of likely N-dealkylation sites (N-methyl/N-ethyl adjacent to an activating group) is 1. The molecule has 3 saturated carbocycles. The van der Waals surface area contributed by atoms with Crippen LogP contribution in [0.5, 0.6) is 0 Å². The highest BCUT2D eigenvalue weighted by molar-refractivity contribution is 5.98. The maximum atomic E-state index is 13.6. The second-order valence-corrected chi connectivity index (χ2v) is 11.4. The standard InChI is InChI=1S/C28H35NO4/c1-27-14-12-21-19(8-11-23-28(21,2)15-13-24(30)29(23)3)20(27)9-10-22(27)26(33)18-6-4-17(5-7-18)16-25(31)32/h4-7,13,15,19-23H,8-12,14,16H2,1-3H3,(H,31,32)/t19-,20-,21+,22?,23?,27-,28+/m0/s1. The third kappa shape index (κ3) is 3.38. The Labute approximate surface area is 196 Å². The lowest BCUT2D eigenvalue weighted by atomic mass is 9.47. The Morgan fingerprint density at radius 1 is 1.03 bits per heavy atom. The Kier molecular flexibility index (Phi) is 5.30. The van der Waals surface area contributed by atoms with Gasteiger partial charge in [-0.2, -0.15) is 0 Å². The van der Waals surface area contributed by atoms with Gasteiger partial charge in [0.05, 0.1) is 6.42 Å². The van der Waals surface area contributed by atoms with Gasteiger partial charge < -0.3 is 10.0 Å². The van der Waals surface area contributed by atoms with Crippen LogP contribution in [-0.4, -0.2) is 40.8 Å². The first-order chi connectivity index (χ1) is 15.6. The lowest BCUT2D eigenvalue weighted by Gasteiger charge is -2.60. The van der Waals surface area contributed by atoms with E-state index in [1.54, 1.807) is 18.2 Å². The number of carbonyl (C=O) groups excluding carboxylic acids is 2. The van der Waals surface area contributed by atoms with Crippen molar-refractivity contribution in [1.29, 1.82) is 0 Å². The fourth-order valence-corrected chi connectivity index (χ4v) is 8.33. The molecular formula is C28H35NO4. The van der Waals surface area contributed by atoms with Crippen LogP contribution in [0.4, 0.5) is 0 Å². The number of fused-ring (bicyclic) bond motifs is 5. The third-order valence-electron chi connectivity index (χ3n) is 10.0. The maximum Gasteiger partial charge on any atom is 0.307 e. The first kappa shape index (κ1) is 22.4. The van der Waals surface area contributed by atoms with Gasteiger partial charge in [0.15, 0.2) is 5.78 Å². The molecule has 5 heteroatoms. The van der Waals surface area contributed by atoms with Crippen molar-refractivity contribution in [1.82, 2.24) is 4.90 Å². The minimum Gasteiger partial charge on any atom is -0.481 e. The summed E-state index contributed by atoms with van der Waals surface area (Å²) in [7, 11) is 1.95. The van der Waals surface area contributed by atoms with E-state index in [1.807, 2.05) is 24.1 Å². The molecule has 0 aromatic heterocycles. The summed E-state index contributed by atoms with van der Waals surface area (Å²) in [5.41, 5.74) is 1.48. The van der Waals surface area contributed by atoms with E-state index in [0.29, 0.717) is 23.3 Å². The van der Waals surface area contributed by atoms with E-state index in [1.165, 1.54) is 0 Å². The molecule has 0 saturated heterocycles. The highest BCUT2D eigenvalue weighted by Crippen LogP contribution is 2.65. The number of rotatable bonds is 4. The number of Topliss-reactive ketones (excluding diaryl/α,β-unsaturated/α-hetero) is 1. The Balaban J connectivity index is 1.38. The van der Waals surface area contributed by atoms with Gasteiger partial charge in [-0.3, -0.25) is 14.4 Å². The van der Waals surface area contributed by atoms with E-state index in [4.69, 9.17) is 5.11 Å². The zero-order valence-corrected chi connectivity index (χ0v) is 19.9. The molecule has 176 valence electrons. The molecule has 1 aliphatic heterocycles. The second kappa shape index (κ2) is 7.82. The minimum atomic E-state index is -0.858. The lowest BCUT2D eigenvalue weighted by molar-refractivity contribution is -0.138. The van der Waals surface area contributed by atoms with Crippen LogP contribution in [-0.2, 0) is 16.0 Å². The molecule has 1 aromatic rings. The molecule has 1 N–H and O–H groups in total. The number of carboxylic acid groups (broad SMARTS) is 1. The zero-order valence-electron chi connectivity index (χ0n) is 19.9. The molecule has 5 nitrogen and oxygen atoms in total. The van der Waals surface area contributed by atoms with E-state index in [2.05, 4.69) is 19.9 Å². The zero-order chi connectivity index (χ0) is 23.5. The Morgan fingerprint density at radius 3 is 2.45 bits per heavy atom. The molecule has 3 aliphatic carbocycles. The van der Waals surface area contributed by atoms with Gasteiger partial charge in [0.1, 0.15) is 0 Å². The molecule has 4 aliphatic rings. The SMILES string of the molecule is CN1C(=O)C=C[C@@]2(C)C1CC[C@@H]1[C@H]2CC[C@]2(C)C(C(=O)c3ccc(CC(=O)O)cc3)CC[C@@H]12. The fraction of sp³-hybridized carbons (Fsp3) is 0.607. The quantitative estimate of drug-likeness (QED) is 0.673. The highest BCUT2D eigenvalue weighted by Gasteiger charge is 2.61. The molecule has 0 bridgehead atoms. The lowest BCUT2D eigenvalue weighted by Crippen LogP contribution is -2.59. The van der Waals surface area contributed by atoms with E-state index in [-0.39, 0.29) is 40.9 Å². The Bertz CT molecular complexity index is 1010. The number of hydrogen-bond donors (Lipinski definition) is 1. The van der Waals surface area contributed by atoms with Crippen LogP contribution in [0.25, 0.3) is 0 Å². The van der Waals surface area contributed by atoms with Gasteiger partial charge in [-0.25, -0.2) is 0 Å². The largest absolute Gasteiger partial charge is 0.481 e. The van der Waals surface area contributed by atoms with Crippen LogP contribution in [0.2, 0.25) is 0 Å². The topological polar surface area (TPSA) is 74.7 Å². The van der Waals surface area contributed by atoms with Gasteiger partial charge in [0, 0.05) is 30.0 Å². The summed E-state index contributed by atoms with van der Waals surface area (Å²) >= 11 is 0. The van der Waals surface area contributed by atoms with E-state index >= 15 is 0 Å². The first-order valence-corrected chi connectivity index (χ1v) is 12.5. The highest BCUT2D eigenvalue weighted by atomic mass is 16.4. The smallest absolute Gasteiger partial charge is 0.307 e. The van der Waals surface area contributed by atoms with Crippen LogP contribution in [0.1, 0.15) is 68.3 Å². The first-order valence-electron chi connectivity index (χ1n) is 12.5. The van der Waals surface area contributed by atoms with Crippen molar-refractivity contribution < 1.29 is 19.5 Å². The summed E-state index contributed by atoms with van der Waals surface area (Å²) < 4.78 is 0. The van der Waals surface area contributed by atoms with Gasteiger partial charge in [0.25, 0.3) is 0 Å². The van der Waals surface area contributed by atoms with Gasteiger partial charge >= 0.3 is 5.97 Å². The van der Waals surface area contributed by atoms with Crippen molar-refractivity contribution in [3.63, 3.8) is 0 Å². The van der Waals surface area contributed by atoms with Crippen molar-refractivity contribution in [2.24, 2.45) is 34.5 Å². The van der Waals surface area contributed by atoms with Gasteiger partial charge in [-0.15, -0.1) is 0 Å². The van der Waals surface area contributed by atoms with Gasteiger partial charge in [0.2, 0.25) is 5.91 Å². The number of carbonyl (C=O) groups is 3. The van der Waals surface area contributed by atoms with Crippen LogP contribution < -0.4 is 0 Å². The molecule has 3 fully saturated rings. The molecule has 5 rings (SSSR count). The van der Waals surface area contributed by atoms with Gasteiger partial charge in [-0.1, -0.05) is 44.2 Å². The average Bonchev–Trinajstić information content (AvgIpc) is 3.13. The minimum absolute atomic E-state index is 0.0152. The Hall–Kier alpha value is -2.43. The van der Waals surface area contributed by atoms with Crippen LogP contribution in [0, 0.1) is 34.5 Å². The molecule has 2 unspecified atom stereocenters. The van der Waals surface area contributed by atoms with Crippen LogP contribution >= 0.6 is 0 Å². The number of amides is 1. The molecule has 33 heavy (non-hydrogen) atoms. The third-order valence-corrected chi connectivity index (χ3v) is 10.0. The predicted molar refractivity (Wildman–Crippen MR) is 126 cm³/mol. The number of benzene rings is 1. The Morgan fingerprint density at radius 2 is 1.76 bits per heavy atom. The monoisotopic (exact) mass is 449 g/mol. The van der Waals surface area contributed by atoms with E-state index < -0.39 is 5.97 Å². The summed E-state index contributed by atoms with van der Waals surface area (Å²) in [5, 5.41) is 9.00. The molecule has 1 aromatic carbocycles. The van der Waals surface area contributed by atoms with Crippen molar-refractivity contribution in [2.75, 3.05) is 7.05 Å². The van der Waals surface area contributed by atoms with Crippen molar-refractivity contribution in [3.8, 4) is 0 Å². The number of nitrogens with zero attached hydrogens (tertiary/aromatic N) is 1. The predicted octanol–water partition coefficient (Wildman–Crippen LogP) is 4.75. The summed E-state index contributed by atoms with van der Waals surface area (Å²) in [5.74, 6) is 1.23. The summed E-state index contributed by atoms with van der Waals surface area (Å²) in [6.07, 6.45) is 10.4. The number of carboxylic acids is 1. The van der Waals surface area contributed by atoms with Crippen LogP contribution in [0.3, 0.4) is 0 Å². The molecule has 7 atom stereocenters. The number of aliphatic carboxylic acids is 1. The number of ketones is 1.